The van der Waals surface area contributed by atoms with E-state index in [4.69, 9.17) is 14.2 Å². The van der Waals surface area contributed by atoms with Crippen molar-refractivity contribution in [2.24, 2.45) is 53.3 Å². The van der Waals surface area contributed by atoms with Gasteiger partial charge in [0.25, 0.3) is 0 Å². The van der Waals surface area contributed by atoms with Gasteiger partial charge in [-0.3, -0.25) is 14.4 Å². The summed E-state index contributed by atoms with van der Waals surface area (Å²) < 4.78 is 17.4. The maximum absolute atomic E-state index is 12.3. The van der Waals surface area contributed by atoms with Crippen LogP contribution in [0.25, 0.3) is 0 Å². The molecule has 0 amide bonds. The van der Waals surface area contributed by atoms with Crippen LogP contribution in [0.4, 0.5) is 0 Å². The number of hydrogen-bond acceptors (Lipinski definition) is 6. The monoisotopic (exact) mass is 516 g/mol. The molecule has 6 bridgehead atoms. The molecule has 6 heteroatoms. The highest BCUT2D eigenvalue weighted by Gasteiger charge is 2.69. The van der Waals surface area contributed by atoms with Crippen molar-refractivity contribution in [3.8, 4) is 0 Å². The third kappa shape index (κ3) is 4.33. The Bertz CT molecular complexity index is 883. The Labute approximate surface area is 222 Å². The van der Waals surface area contributed by atoms with Gasteiger partial charge >= 0.3 is 17.9 Å². The molecule has 1 heterocycles. The zero-order valence-corrected chi connectivity index (χ0v) is 23.8. The highest BCUT2D eigenvalue weighted by molar-refractivity contribution is 5.78. The van der Waals surface area contributed by atoms with Crippen molar-refractivity contribution in [2.45, 2.75) is 123 Å². The highest BCUT2D eigenvalue weighted by Crippen LogP contribution is 2.61. The second kappa shape index (κ2) is 9.86. The Morgan fingerprint density at radius 1 is 0.838 bits per heavy atom. The summed E-state index contributed by atoms with van der Waals surface area (Å²) in [7, 11) is 0. The van der Waals surface area contributed by atoms with Crippen molar-refractivity contribution >= 4 is 17.9 Å². The van der Waals surface area contributed by atoms with Crippen LogP contribution in [-0.2, 0) is 28.6 Å². The number of fused-ring (bicyclic) bond motifs is 1. The summed E-state index contributed by atoms with van der Waals surface area (Å²) in [4.78, 5) is 36.0. The van der Waals surface area contributed by atoms with Crippen molar-refractivity contribution < 1.29 is 28.6 Å². The molecule has 7 fully saturated rings. The van der Waals surface area contributed by atoms with E-state index in [0.29, 0.717) is 11.8 Å². The molecule has 7 unspecified atom stereocenters. The van der Waals surface area contributed by atoms with E-state index in [1.165, 1.54) is 32.1 Å². The first-order valence-corrected chi connectivity index (χ1v) is 15.2. The third-order valence-electron chi connectivity index (χ3n) is 11.6. The summed E-state index contributed by atoms with van der Waals surface area (Å²) in [5, 5.41) is 0. The Morgan fingerprint density at radius 2 is 1.38 bits per heavy atom. The number of esters is 3. The fourth-order valence-corrected chi connectivity index (χ4v) is 9.10. The van der Waals surface area contributed by atoms with Crippen LogP contribution >= 0.6 is 0 Å². The molecule has 6 saturated carbocycles. The van der Waals surface area contributed by atoms with Crippen LogP contribution in [0.15, 0.2) is 0 Å². The van der Waals surface area contributed by atoms with Gasteiger partial charge in [-0.05, 0) is 94.8 Å². The Morgan fingerprint density at radius 3 is 1.89 bits per heavy atom. The molecule has 37 heavy (non-hydrogen) atoms. The molecule has 0 N–H and O–H groups in total. The lowest BCUT2D eigenvalue weighted by Gasteiger charge is -2.60. The number of ether oxygens (including phenoxy) is 3. The van der Waals surface area contributed by atoms with E-state index >= 15 is 0 Å². The van der Waals surface area contributed by atoms with Gasteiger partial charge in [-0.25, -0.2) is 0 Å². The summed E-state index contributed by atoms with van der Waals surface area (Å²) in [6.07, 6.45) is 11.0. The predicted octanol–water partition coefficient (Wildman–Crippen LogP) is 6.10. The molecule has 6 nitrogen and oxygen atoms in total. The summed E-state index contributed by atoms with van der Waals surface area (Å²) in [5.41, 5.74) is -0.693. The molecule has 1 saturated heterocycles. The van der Waals surface area contributed by atoms with Crippen LogP contribution in [0, 0.1) is 53.3 Å². The summed E-state index contributed by atoms with van der Waals surface area (Å²) in [6.45, 7) is 12.1. The zero-order valence-electron chi connectivity index (χ0n) is 23.8. The molecule has 1 aliphatic heterocycles. The average Bonchev–Trinajstić information content (AvgIpc) is 3.50. The van der Waals surface area contributed by atoms with Gasteiger partial charge in [0.15, 0.2) is 0 Å². The lowest BCUT2D eigenvalue weighted by atomic mass is 9.49. The largest absolute Gasteiger partial charge is 0.458 e. The summed E-state index contributed by atoms with van der Waals surface area (Å²) >= 11 is 0. The zero-order chi connectivity index (χ0) is 26.7. The minimum Gasteiger partial charge on any atom is -0.458 e. The van der Waals surface area contributed by atoms with E-state index in [1.807, 2.05) is 27.7 Å². The number of rotatable bonds is 7. The molecule has 0 aromatic rings. The van der Waals surface area contributed by atoms with Crippen LogP contribution in [0.3, 0.4) is 0 Å². The maximum Gasteiger partial charge on any atom is 0.309 e. The first-order valence-electron chi connectivity index (χ1n) is 15.2. The molecule has 6 aliphatic carbocycles. The molecule has 7 aliphatic rings. The fourth-order valence-electron chi connectivity index (χ4n) is 9.10. The highest BCUT2D eigenvalue weighted by atomic mass is 16.6. The molecule has 7 atom stereocenters. The molecular weight excluding hydrogens is 468 g/mol. The lowest BCUT2D eigenvalue weighted by Crippen LogP contribution is -2.59. The van der Waals surface area contributed by atoms with Gasteiger partial charge in [-0.2, -0.15) is 0 Å². The van der Waals surface area contributed by atoms with E-state index in [-0.39, 0.29) is 59.2 Å². The molecule has 7 rings (SSSR count). The number of carbonyl (C=O) groups excluding carboxylic acids is 3. The van der Waals surface area contributed by atoms with Crippen molar-refractivity contribution in [3.63, 3.8) is 0 Å². The summed E-state index contributed by atoms with van der Waals surface area (Å²) in [6, 6.07) is 0. The summed E-state index contributed by atoms with van der Waals surface area (Å²) in [5.74, 6) is 3.58. The van der Waals surface area contributed by atoms with Crippen molar-refractivity contribution in [1.29, 1.82) is 0 Å². The molecule has 0 aromatic carbocycles. The second-order valence-corrected chi connectivity index (χ2v) is 13.6. The Balaban J connectivity index is 0.000000152. The second-order valence-electron chi connectivity index (χ2n) is 13.6. The minimum absolute atomic E-state index is 0.0526. The molecule has 208 valence electrons. The SMILES string of the molecule is CCC(C)C(=O)OC1(C)C2CC3C(=O)OC1C3C2.CCC(C)C(=O)OC1(CC)C2CC3CC(C2)CC1C3. The van der Waals surface area contributed by atoms with E-state index in [9.17, 15) is 14.4 Å². The number of carbonyl (C=O) groups is 3. The first-order chi connectivity index (χ1) is 17.6. The Kier molecular flexibility index (Phi) is 7.19. The normalized spacial score (nSPS) is 45.6. The van der Waals surface area contributed by atoms with Gasteiger partial charge in [0, 0.05) is 11.8 Å². The van der Waals surface area contributed by atoms with E-state index in [0.717, 1.165) is 43.9 Å². The first kappa shape index (κ1) is 27.0. The van der Waals surface area contributed by atoms with Crippen LogP contribution in [0.2, 0.25) is 0 Å². The minimum atomic E-state index is -0.589. The van der Waals surface area contributed by atoms with Crippen molar-refractivity contribution in [3.05, 3.63) is 0 Å². The van der Waals surface area contributed by atoms with Gasteiger partial charge < -0.3 is 14.2 Å². The van der Waals surface area contributed by atoms with Gasteiger partial charge in [0.1, 0.15) is 17.3 Å². The van der Waals surface area contributed by atoms with Gasteiger partial charge in [0.2, 0.25) is 0 Å². The van der Waals surface area contributed by atoms with E-state index in [1.54, 1.807) is 0 Å². The topological polar surface area (TPSA) is 78.9 Å². The van der Waals surface area contributed by atoms with Crippen LogP contribution in [0.5, 0.6) is 0 Å². The van der Waals surface area contributed by atoms with Crippen LogP contribution < -0.4 is 0 Å². The molecule has 0 radical (unpaired) electrons. The average molecular weight is 517 g/mol. The lowest BCUT2D eigenvalue weighted by molar-refractivity contribution is -0.214. The van der Waals surface area contributed by atoms with Crippen molar-refractivity contribution in [2.75, 3.05) is 0 Å². The Hall–Kier alpha value is -1.59. The molecular formula is C31H48O6. The quantitative estimate of drug-likeness (QED) is 0.301. The van der Waals surface area contributed by atoms with E-state index in [2.05, 4.69) is 13.8 Å². The predicted molar refractivity (Wildman–Crippen MR) is 139 cm³/mol. The van der Waals surface area contributed by atoms with Crippen LogP contribution in [-0.4, -0.2) is 35.2 Å². The van der Waals surface area contributed by atoms with E-state index < -0.39 is 5.60 Å². The van der Waals surface area contributed by atoms with Gasteiger partial charge in [-0.15, -0.1) is 0 Å². The fraction of sp³-hybridized carbons (Fsp3) is 0.903. The maximum atomic E-state index is 12.3. The molecule has 0 aromatic heterocycles. The smallest absolute Gasteiger partial charge is 0.309 e. The standard InChI is InChI=1S/C17H28O2.C14H20O4/c1-4-11(3)16(18)19-17(5-2)14-7-12-6-13(9-14)10-15(17)8-12;1-4-7(2)12(15)18-14(3)8-5-9-10(6-8)13(16)17-11(9)14/h11-15H,4-10H2,1-3H3;7-11H,4-6H2,1-3H3. The van der Waals surface area contributed by atoms with Crippen LogP contribution in [0.1, 0.15) is 106 Å². The van der Waals surface area contributed by atoms with Gasteiger partial charge in [0.05, 0.1) is 17.8 Å². The van der Waals surface area contributed by atoms with Crippen molar-refractivity contribution in [1.82, 2.24) is 0 Å². The third-order valence-corrected chi connectivity index (χ3v) is 11.6. The van der Waals surface area contributed by atoms with Gasteiger partial charge in [-0.1, -0.05) is 34.6 Å². The molecule has 0 spiro atoms. The number of hydrogen-bond donors (Lipinski definition) is 0.